The SMILES string of the molecule is CC(C)OCC(F)(F)Cl. The van der Waals surface area contributed by atoms with Gasteiger partial charge in [0.05, 0.1) is 6.10 Å². The van der Waals surface area contributed by atoms with Crippen molar-refractivity contribution in [3.63, 3.8) is 0 Å². The topological polar surface area (TPSA) is 9.23 Å². The van der Waals surface area contributed by atoms with Gasteiger partial charge in [0.1, 0.15) is 6.61 Å². The van der Waals surface area contributed by atoms with Gasteiger partial charge in [0, 0.05) is 0 Å². The molecule has 0 aliphatic heterocycles. The summed E-state index contributed by atoms with van der Waals surface area (Å²) in [7, 11) is 0. The minimum atomic E-state index is -3.22. The van der Waals surface area contributed by atoms with Gasteiger partial charge in [-0.1, -0.05) is 0 Å². The minimum absolute atomic E-state index is 0.199. The first kappa shape index (κ1) is 9.11. The van der Waals surface area contributed by atoms with Gasteiger partial charge < -0.3 is 4.74 Å². The summed E-state index contributed by atoms with van der Waals surface area (Å²) in [5.74, 6) is 0. The van der Waals surface area contributed by atoms with E-state index in [0.29, 0.717) is 0 Å². The largest absolute Gasteiger partial charge is 0.371 e. The zero-order chi connectivity index (χ0) is 7.49. The molecule has 0 fully saturated rings. The van der Waals surface area contributed by atoms with Gasteiger partial charge in [-0.25, -0.2) is 0 Å². The summed E-state index contributed by atoms with van der Waals surface area (Å²) in [6, 6.07) is 0. The smallest absolute Gasteiger partial charge is 0.344 e. The molecule has 0 unspecified atom stereocenters. The lowest BCUT2D eigenvalue weighted by molar-refractivity contribution is -0.0367. The molecule has 0 saturated carbocycles. The summed E-state index contributed by atoms with van der Waals surface area (Å²) in [5, 5.41) is -3.22. The van der Waals surface area contributed by atoms with E-state index in [1.807, 2.05) is 0 Å². The van der Waals surface area contributed by atoms with Gasteiger partial charge >= 0.3 is 5.38 Å². The Morgan fingerprint density at radius 3 is 2.11 bits per heavy atom. The van der Waals surface area contributed by atoms with E-state index >= 15 is 0 Å². The standard InChI is InChI=1S/C5H9ClF2O/c1-4(2)9-3-5(6,7)8/h4H,3H2,1-2H3. The maximum absolute atomic E-state index is 11.7. The van der Waals surface area contributed by atoms with Crippen molar-refractivity contribution in [2.24, 2.45) is 0 Å². The molecule has 0 spiro atoms. The van der Waals surface area contributed by atoms with Crippen LogP contribution in [0.2, 0.25) is 0 Å². The zero-order valence-corrected chi connectivity index (χ0v) is 6.08. The van der Waals surface area contributed by atoms with Gasteiger partial charge in [0.15, 0.2) is 0 Å². The maximum Gasteiger partial charge on any atom is 0.344 e. The van der Waals surface area contributed by atoms with E-state index in [1.54, 1.807) is 13.8 Å². The second-order valence-corrected chi connectivity index (χ2v) is 2.53. The van der Waals surface area contributed by atoms with E-state index in [4.69, 9.17) is 0 Å². The Bertz CT molecular complexity index is 79.5. The molecule has 0 bridgehead atoms. The van der Waals surface area contributed by atoms with Crippen LogP contribution in [0.4, 0.5) is 8.78 Å². The number of hydrogen-bond donors (Lipinski definition) is 0. The number of ether oxygens (including phenoxy) is 1. The van der Waals surface area contributed by atoms with Crippen LogP contribution in [0.1, 0.15) is 13.8 Å². The first-order valence-electron chi connectivity index (χ1n) is 2.60. The van der Waals surface area contributed by atoms with Crippen molar-refractivity contribution >= 4 is 11.6 Å². The maximum atomic E-state index is 11.7. The van der Waals surface area contributed by atoms with Crippen LogP contribution < -0.4 is 0 Å². The van der Waals surface area contributed by atoms with Crippen LogP contribution in [0.15, 0.2) is 0 Å². The van der Waals surface area contributed by atoms with Crippen molar-refractivity contribution in [2.75, 3.05) is 6.61 Å². The van der Waals surface area contributed by atoms with Gasteiger partial charge in [-0.15, -0.1) is 0 Å². The molecule has 9 heavy (non-hydrogen) atoms. The van der Waals surface area contributed by atoms with Gasteiger partial charge in [0.25, 0.3) is 0 Å². The molecular formula is C5H9ClF2O. The molecule has 0 aromatic carbocycles. The number of halogens is 3. The molecule has 0 radical (unpaired) electrons. The monoisotopic (exact) mass is 158 g/mol. The van der Waals surface area contributed by atoms with E-state index in [2.05, 4.69) is 16.3 Å². The summed E-state index contributed by atoms with van der Waals surface area (Å²) in [6.45, 7) is 2.62. The molecule has 0 N–H and O–H groups in total. The molecule has 0 heterocycles. The highest BCUT2D eigenvalue weighted by molar-refractivity contribution is 6.21. The average Bonchev–Trinajstić information content (AvgIpc) is 1.59. The van der Waals surface area contributed by atoms with Crippen molar-refractivity contribution in [3.8, 4) is 0 Å². The van der Waals surface area contributed by atoms with Crippen molar-refractivity contribution in [3.05, 3.63) is 0 Å². The van der Waals surface area contributed by atoms with E-state index in [-0.39, 0.29) is 6.10 Å². The summed E-state index contributed by atoms with van der Waals surface area (Å²) < 4.78 is 28.0. The Kier molecular flexibility index (Phi) is 3.36. The Hall–Kier alpha value is 0.110. The molecule has 0 aliphatic rings. The molecule has 0 saturated heterocycles. The summed E-state index contributed by atoms with van der Waals surface area (Å²) in [6.07, 6.45) is -0.199. The van der Waals surface area contributed by atoms with Gasteiger partial charge in [-0.3, -0.25) is 0 Å². The highest BCUT2D eigenvalue weighted by Gasteiger charge is 2.24. The Labute approximate surface area is 57.9 Å². The highest BCUT2D eigenvalue weighted by atomic mass is 35.5. The van der Waals surface area contributed by atoms with Crippen LogP contribution in [0.25, 0.3) is 0 Å². The molecule has 0 rings (SSSR count). The second kappa shape index (κ2) is 3.32. The minimum Gasteiger partial charge on any atom is -0.371 e. The summed E-state index contributed by atoms with van der Waals surface area (Å²) in [4.78, 5) is 0. The lowest BCUT2D eigenvalue weighted by atomic mass is 10.5. The van der Waals surface area contributed by atoms with Crippen LogP contribution in [-0.4, -0.2) is 18.1 Å². The molecular weight excluding hydrogens is 150 g/mol. The lowest BCUT2D eigenvalue weighted by Crippen LogP contribution is -2.18. The van der Waals surface area contributed by atoms with Crippen LogP contribution >= 0.6 is 11.6 Å². The summed E-state index contributed by atoms with van der Waals surface area (Å²) >= 11 is 4.52. The van der Waals surface area contributed by atoms with Crippen LogP contribution in [0.3, 0.4) is 0 Å². The molecule has 0 aromatic heterocycles. The third-order valence-corrected chi connectivity index (χ3v) is 0.689. The fourth-order valence-corrected chi connectivity index (χ4v) is 0.324. The molecule has 0 aromatic rings. The normalized spacial score (nSPS) is 12.7. The Morgan fingerprint density at radius 2 is 2.00 bits per heavy atom. The predicted octanol–water partition coefficient (Wildman–Crippen LogP) is 2.24. The first-order valence-corrected chi connectivity index (χ1v) is 2.98. The van der Waals surface area contributed by atoms with E-state index in [0.717, 1.165) is 0 Å². The summed E-state index contributed by atoms with van der Waals surface area (Å²) in [5.41, 5.74) is 0. The van der Waals surface area contributed by atoms with Crippen molar-refractivity contribution < 1.29 is 13.5 Å². The number of alkyl halides is 3. The fourth-order valence-electron chi connectivity index (χ4n) is 0.261. The molecule has 0 atom stereocenters. The van der Waals surface area contributed by atoms with Gasteiger partial charge in [0.2, 0.25) is 0 Å². The zero-order valence-electron chi connectivity index (χ0n) is 5.33. The quantitative estimate of drug-likeness (QED) is 0.573. The third kappa shape index (κ3) is 8.11. The van der Waals surface area contributed by atoms with Crippen LogP contribution in [0, 0.1) is 0 Å². The average molecular weight is 159 g/mol. The van der Waals surface area contributed by atoms with E-state index in [1.165, 1.54) is 0 Å². The van der Waals surface area contributed by atoms with Crippen LogP contribution in [-0.2, 0) is 4.74 Å². The van der Waals surface area contributed by atoms with Crippen molar-refractivity contribution in [1.82, 2.24) is 0 Å². The lowest BCUT2D eigenvalue weighted by Gasteiger charge is -2.10. The van der Waals surface area contributed by atoms with Gasteiger partial charge in [-0.2, -0.15) is 8.78 Å². The molecule has 4 heteroatoms. The molecule has 0 aliphatic carbocycles. The van der Waals surface area contributed by atoms with E-state index < -0.39 is 12.0 Å². The first-order chi connectivity index (χ1) is 3.92. The predicted molar refractivity (Wildman–Crippen MR) is 31.9 cm³/mol. The third-order valence-electron chi connectivity index (χ3n) is 0.580. The molecule has 1 nitrogen and oxygen atoms in total. The van der Waals surface area contributed by atoms with Crippen molar-refractivity contribution in [1.29, 1.82) is 0 Å². The van der Waals surface area contributed by atoms with Crippen molar-refractivity contribution in [2.45, 2.75) is 25.3 Å². The van der Waals surface area contributed by atoms with Gasteiger partial charge in [-0.05, 0) is 25.4 Å². The van der Waals surface area contributed by atoms with Crippen LogP contribution in [0.5, 0.6) is 0 Å². The number of rotatable bonds is 3. The highest BCUT2D eigenvalue weighted by Crippen LogP contribution is 2.18. The van der Waals surface area contributed by atoms with E-state index in [9.17, 15) is 8.78 Å². The second-order valence-electron chi connectivity index (χ2n) is 1.97. The molecule has 0 amide bonds. The fraction of sp³-hybridized carbons (Fsp3) is 1.00. The molecule has 56 valence electrons. The Balaban J connectivity index is 3.28. The Morgan fingerprint density at radius 1 is 1.56 bits per heavy atom. The number of hydrogen-bond acceptors (Lipinski definition) is 1.